The van der Waals surface area contributed by atoms with Crippen LogP contribution in [0.1, 0.15) is 123 Å². The zero-order valence-electron chi connectivity index (χ0n) is 24.8. The first-order valence-electron chi connectivity index (χ1n) is 12.5. The van der Waals surface area contributed by atoms with Crippen molar-refractivity contribution in [2.45, 2.75) is 117 Å². The molecule has 0 heterocycles. The molecule has 0 aromatic heterocycles. The molecule has 0 saturated heterocycles. The normalized spacial score (nSPS) is 12.8. The molecular formula is C31H50Cl2N2Ti. The van der Waals surface area contributed by atoms with Crippen LogP contribution in [0.3, 0.4) is 0 Å². The molecule has 0 saturated carbocycles. The molecule has 0 radical (unpaired) electrons. The molecule has 0 bridgehead atoms. The van der Waals surface area contributed by atoms with Gasteiger partial charge in [0.15, 0.2) is 0 Å². The molecule has 36 heavy (non-hydrogen) atoms. The minimum Gasteiger partial charge on any atom is -1.00 e. The Kier molecular flexibility index (Phi) is 13.3. The van der Waals surface area contributed by atoms with Gasteiger partial charge in [-0.1, -0.05) is 119 Å². The Morgan fingerprint density at radius 2 is 0.750 bits per heavy atom. The maximum absolute atomic E-state index is 7.76. The van der Waals surface area contributed by atoms with Gasteiger partial charge in [0.05, 0.1) is 5.54 Å². The molecule has 0 aliphatic heterocycles. The molecule has 0 fully saturated rings. The Morgan fingerprint density at radius 3 is 0.917 bits per heavy atom. The SMILES string of the molecule is CC(C)(C)c1cccc(C(C)(C)C)c1C(N)(CCN)c1c(C(C)(C)C)cccc1C(C)(C)C.[Cl-].[Cl-].[Ti+2]. The molecular weight excluding hydrogens is 519 g/mol. The fraction of sp³-hybridized carbons (Fsp3) is 0.613. The minimum atomic E-state index is -0.701. The first-order chi connectivity index (χ1) is 14.8. The van der Waals surface area contributed by atoms with Crippen molar-refractivity contribution in [3.05, 3.63) is 69.8 Å². The second kappa shape index (κ2) is 12.7. The molecule has 2 nitrogen and oxygen atoms in total. The van der Waals surface area contributed by atoms with Crippen molar-refractivity contribution in [3.63, 3.8) is 0 Å². The van der Waals surface area contributed by atoms with Gasteiger partial charge in [-0.2, -0.15) is 0 Å². The van der Waals surface area contributed by atoms with Gasteiger partial charge in [0.2, 0.25) is 0 Å². The molecule has 4 N–H and O–H groups in total. The summed E-state index contributed by atoms with van der Waals surface area (Å²) in [4.78, 5) is 0. The van der Waals surface area contributed by atoms with Gasteiger partial charge in [-0.15, -0.1) is 0 Å². The molecule has 5 heteroatoms. The average molecular weight is 570 g/mol. The van der Waals surface area contributed by atoms with Gasteiger partial charge < -0.3 is 36.3 Å². The van der Waals surface area contributed by atoms with Gasteiger partial charge in [0, 0.05) is 0 Å². The van der Waals surface area contributed by atoms with E-state index < -0.39 is 5.54 Å². The number of nitrogens with two attached hydrogens (primary N) is 2. The van der Waals surface area contributed by atoms with Gasteiger partial charge in [0.1, 0.15) is 0 Å². The average Bonchev–Trinajstić information content (AvgIpc) is 2.64. The number of halogens is 2. The fourth-order valence-electron chi connectivity index (χ4n) is 5.17. The number of hydrogen-bond donors (Lipinski definition) is 2. The van der Waals surface area contributed by atoms with Crippen molar-refractivity contribution in [2.75, 3.05) is 6.54 Å². The van der Waals surface area contributed by atoms with Gasteiger partial charge in [-0.3, -0.25) is 0 Å². The van der Waals surface area contributed by atoms with Crippen molar-refractivity contribution in [3.8, 4) is 0 Å². The number of hydrogen-bond acceptors (Lipinski definition) is 2. The molecule has 0 aliphatic rings. The summed E-state index contributed by atoms with van der Waals surface area (Å²) in [6, 6.07) is 13.5. The first-order valence-corrected chi connectivity index (χ1v) is 12.5. The van der Waals surface area contributed by atoms with E-state index in [4.69, 9.17) is 11.5 Å². The largest absolute Gasteiger partial charge is 2.00 e. The van der Waals surface area contributed by atoms with Crippen LogP contribution in [0, 0.1) is 0 Å². The van der Waals surface area contributed by atoms with Crippen LogP contribution >= 0.6 is 0 Å². The Morgan fingerprint density at radius 1 is 0.528 bits per heavy atom. The smallest absolute Gasteiger partial charge is 1.00 e. The van der Waals surface area contributed by atoms with Crippen LogP contribution in [0.2, 0.25) is 0 Å². The number of rotatable bonds is 4. The van der Waals surface area contributed by atoms with E-state index in [0.717, 1.165) is 0 Å². The Labute approximate surface area is 249 Å². The van der Waals surface area contributed by atoms with Gasteiger partial charge in [-0.05, 0) is 68.0 Å². The van der Waals surface area contributed by atoms with Crippen molar-refractivity contribution in [2.24, 2.45) is 11.5 Å². The molecule has 0 aliphatic carbocycles. The Hall–Kier alpha value is -0.346. The minimum absolute atomic E-state index is 0. The van der Waals surface area contributed by atoms with E-state index >= 15 is 0 Å². The predicted octanol–water partition coefficient (Wildman–Crippen LogP) is 1.43. The Balaban J connectivity index is 0. The third-order valence-electron chi connectivity index (χ3n) is 6.79. The van der Waals surface area contributed by atoms with Crippen LogP contribution in [-0.4, -0.2) is 6.54 Å². The first kappa shape index (κ1) is 37.8. The monoisotopic (exact) mass is 568 g/mol. The summed E-state index contributed by atoms with van der Waals surface area (Å²) in [5, 5.41) is 0. The second-order valence-corrected chi connectivity index (χ2v) is 14.0. The molecule has 2 rings (SSSR count). The summed E-state index contributed by atoms with van der Waals surface area (Å²) in [7, 11) is 0. The van der Waals surface area contributed by atoms with Crippen molar-refractivity contribution < 1.29 is 46.5 Å². The van der Waals surface area contributed by atoms with E-state index in [-0.39, 0.29) is 68.2 Å². The summed E-state index contributed by atoms with van der Waals surface area (Å²) in [6.07, 6.45) is 0.694. The van der Waals surface area contributed by atoms with E-state index in [1.165, 1.54) is 33.4 Å². The maximum Gasteiger partial charge on any atom is 2.00 e. The second-order valence-electron chi connectivity index (χ2n) is 14.0. The van der Waals surface area contributed by atoms with Crippen LogP contribution in [0.25, 0.3) is 0 Å². The molecule has 2 aromatic carbocycles. The quantitative estimate of drug-likeness (QED) is 0.548. The molecule has 0 atom stereocenters. The fourth-order valence-corrected chi connectivity index (χ4v) is 5.17. The third kappa shape index (κ3) is 7.84. The third-order valence-corrected chi connectivity index (χ3v) is 6.79. The van der Waals surface area contributed by atoms with E-state index in [9.17, 15) is 0 Å². The maximum atomic E-state index is 7.76. The Bertz CT molecular complexity index is 848. The van der Waals surface area contributed by atoms with E-state index in [1.54, 1.807) is 0 Å². The van der Waals surface area contributed by atoms with E-state index in [2.05, 4.69) is 119 Å². The van der Waals surface area contributed by atoms with E-state index in [0.29, 0.717) is 13.0 Å². The van der Waals surface area contributed by atoms with E-state index in [1.807, 2.05) is 0 Å². The van der Waals surface area contributed by atoms with Crippen molar-refractivity contribution >= 4 is 0 Å². The van der Waals surface area contributed by atoms with Crippen LogP contribution in [0.4, 0.5) is 0 Å². The summed E-state index contributed by atoms with van der Waals surface area (Å²) in [5.74, 6) is 0. The topological polar surface area (TPSA) is 52.0 Å². The molecule has 0 unspecified atom stereocenters. The standard InChI is InChI=1S/C31H50N2.2ClH.Ti/c1-27(2,3)21-15-13-16-22(28(4,5)6)25(21)31(33,19-20-32)26-23(29(7,8)9)17-14-18-24(26)30(10,11)12;;;/h13-18H,19-20,32-33H2,1-12H3;2*1H;/q;;;+2/p-2. The van der Waals surface area contributed by atoms with Gasteiger partial charge in [0.25, 0.3) is 0 Å². The van der Waals surface area contributed by atoms with Crippen molar-refractivity contribution in [1.82, 2.24) is 0 Å². The van der Waals surface area contributed by atoms with Gasteiger partial charge >= 0.3 is 21.7 Å². The van der Waals surface area contributed by atoms with Gasteiger partial charge in [-0.25, -0.2) is 0 Å². The molecule has 0 spiro atoms. The van der Waals surface area contributed by atoms with Crippen molar-refractivity contribution in [1.29, 1.82) is 0 Å². The summed E-state index contributed by atoms with van der Waals surface area (Å²) < 4.78 is 0. The van der Waals surface area contributed by atoms with Crippen LogP contribution in [-0.2, 0) is 48.9 Å². The molecule has 0 amide bonds. The summed E-state index contributed by atoms with van der Waals surface area (Å²) in [6.45, 7) is 28.0. The molecule has 202 valence electrons. The van der Waals surface area contributed by atoms with Crippen LogP contribution in [0.5, 0.6) is 0 Å². The summed E-state index contributed by atoms with van der Waals surface area (Å²) >= 11 is 0. The summed E-state index contributed by atoms with van der Waals surface area (Å²) in [5.41, 5.74) is 21.0. The van der Waals surface area contributed by atoms with Crippen LogP contribution < -0.4 is 36.3 Å². The number of benzene rings is 2. The zero-order valence-corrected chi connectivity index (χ0v) is 27.9. The zero-order chi connectivity index (χ0) is 25.6. The molecule has 2 aromatic rings. The predicted molar refractivity (Wildman–Crippen MR) is 146 cm³/mol. The van der Waals surface area contributed by atoms with Crippen LogP contribution in [0.15, 0.2) is 36.4 Å².